The fraction of sp³-hybridized carbons (Fsp3) is 0.0435. The second-order valence-electron chi connectivity index (χ2n) is 6.78. The number of nitrogens with zero attached hydrogens (tertiary/aromatic N) is 2. The zero-order chi connectivity index (χ0) is 20.5. The monoisotopic (exact) mass is 396 g/mol. The first kappa shape index (κ1) is 17.8. The van der Waals surface area contributed by atoms with Crippen LogP contribution < -0.4 is 15.9 Å². The number of fused-ring (bicyclic) bond motifs is 2. The van der Waals surface area contributed by atoms with E-state index in [2.05, 4.69) is 19.9 Å². The lowest BCUT2D eigenvalue weighted by Gasteiger charge is -2.08. The third kappa shape index (κ3) is 3.33. The maximum atomic E-state index is 12.3. The highest BCUT2D eigenvalue weighted by atomic mass is 16.5. The smallest absolute Gasteiger partial charge is 0.259 e. The number of aromatic nitrogens is 4. The third-order valence-corrected chi connectivity index (χ3v) is 4.76. The summed E-state index contributed by atoms with van der Waals surface area (Å²) in [5.41, 5.74) is 1.56. The first-order chi connectivity index (χ1) is 14.7. The maximum absolute atomic E-state index is 12.3. The van der Waals surface area contributed by atoms with Crippen molar-refractivity contribution in [2.24, 2.45) is 0 Å². The summed E-state index contributed by atoms with van der Waals surface area (Å²) < 4.78 is 5.82. The quantitative estimate of drug-likeness (QED) is 0.485. The van der Waals surface area contributed by atoms with Crippen molar-refractivity contribution in [1.82, 2.24) is 19.9 Å². The Morgan fingerprint density at radius 3 is 2.17 bits per heavy atom. The van der Waals surface area contributed by atoms with E-state index in [1.165, 1.54) is 0 Å². The fourth-order valence-corrected chi connectivity index (χ4v) is 3.31. The minimum atomic E-state index is -0.203. The van der Waals surface area contributed by atoms with Gasteiger partial charge in [0.1, 0.15) is 24.0 Å². The molecule has 0 aliphatic carbocycles. The number of benzene rings is 3. The van der Waals surface area contributed by atoms with Crippen LogP contribution in [-0.2, 0) is 6.61 Å². The van der Waals surface area contributed by atoms with Crippen molar-refractivity contribution in [3.63, 3.8) is 0 Å². The molecule has 0 atom stereocenters. The molecular weight excluding hydrogens is 380 g/mol. The molecule has 5 aromatic rings. The zero-order valence-electron chi connectivity index (χ0n) is 15.8. The second-order valence-corrected chi connectivity index (χ2v) is 6.78. The van der Waals surface area contributed by atoms with Gasteiger partial charge in [0.25, 0.3) is 11.1 Å². The number of rotatable bonds is 4. The normalized spacial score (nSPS) is 11.1. The van der Waals surface area contributed by atoms with E-state index in [1.807, 2.05) is 24.3 Å². The van der Waals surface area contributed by atoms with Crippen LogP contribution in [0.3, 0.4) is 0 Å². The highest BCUT2D eigenvalue weighted by molar-refractivity contribution is 5.79. The Labute approximate surface area is 170 Å². The summed E-state index contributed by atoms with van der Waals surface area (Å²) in [6, 6.07) is 21.6. The standard InChI is InChI=1S/C23H16N4O3/c28-22-16-8-1-3-10-18(16)24-20(26-22)13-30-15-7-5-6-14(12-15)21-25-19-11-4-2-9-17(19)23(29)27-21/h1-12H,13H2,(H,24,26,28)(H,25,27,29). The third-order valence-electron chi connectivity index (χ3n) is 4.76. The molecule has 0 bridgehead atoms. The Bertz CT molecular complexity index is 1500. The summed E-state index contributed by atoms with van der Waals surface area (Å²) in [7, 11) is 0. The van der Waals surface area contributed by atoms with Gasteiger partial charge in [0.15, 0.2) is 0 Å². The van der Waals surface area contributed by atoms with Gasteiger partial charge in [0.2, 0.25) is 0 Å². The summed E-state index contributed by atoms with van der Waals surface area (Å²) in [6.07, 6.45) is 0. The first-order valence-electron chi connectivity index (χ1n) is 9.38. The number of hydrogen-bond donors (Lipinski definition) is 2. The van der Waals surface area contributed by atoms with E-state index in [4.69, 9.17) is 4.74 Å². The van der Waals surface area contributed by atoms with Crippen LogP contribution in [0.4, 0.5) is 0 Å². The van der Waals surface area contributed by atoms with E-state index in [9.17, 15) is 9.59 Å². The van der Waals surface area contributed by atoms with Gasteiger partial charge in [0, 0.05) is 5.56 Å². The maximum Gasteiger partial charge on any atom is 0.259 e. The van der Waals surface area contributed by atoms with E-state index in [1.54, 1.807) is 48.5 Å². The molecule has 2 aromatic heterocycles. The summed E-state index contributed by atoms with van der Waals surface area (Å²) >= 11 is 0. The molecule has 0 radical (unpaired) electrons. The van der Waals surface area contributed by atoms with Crippen molar-refractivity contribution >= 4 is 21.8 Å². The van der Waals surface area contributed by atoms with Crippen molar-refractivity contribution in [3.05, 3.63) is 99.3 Å². The predicted octanol–water partition coefficient (Wildman–Crippen LogP) is 3.41. The van der Waals surface area contributed by atoms with Crippen molar-refractivity contribution in [3.8, 4) is 17.1 Å². The average Bonchev–Trinajstić information content (AvgIpc) is 2.78. The van der Waals surface area contributed by atoms with Crippen LogP contribution in [-0.4, -0.2) is 19.9 Å². The number of nitrogens with one attached hydrogen (secondary N) is 2. The number of para-hydroxylation sites is 2. The predicted molar refractivity (Wildman–Crippen MR) is 114 cm³/mol. The molecule has 0 fully saturated rings. The summed E-state index contributed by atoms with van der Waals surface area (Å²) in [5.74, 6) is 1.46. The van der Waals surface area contributed by atoms with Crippen molar-refractivity contribution in [2.45, 2.75) is 6.61 Å². The Balaban J connectivity index is 1.43. The van der Waals surface area contributed by atoms with Crippen molar-refractivity contribution in [2.75, 3.05) is 0 Å². The van der Waals surface area contributed by atoms with Gasteiger partial charge >= 0.3 is 0 Å². The highest BCUT2D eigenvalue weighted by Crippen LogP contribution is 2.22. The molecule has 7 heteroatoms. The molecule has 0 saturated carbocycles. The van der Waals surface area contributed by atoms with E-state index < -0.39 is 0 Å². The van der Waals surface area contributed by atoms with Gasteiger partial charge in [0.05, 0.1) is 21.8 Å². The lowest BCUT2D eigenvalue weighted by Crippen LogP contribution is -2.13. The van der Waals surface area contributed by atoms with Crippen LogP contribution in [0.2, 0.25) is 0 Å². The molecular formula is C23H16N4O3. The molecule has 2 heterocycles. The molecule has 3 aromatic carbocycles. The first-order valence-corrected chi connectivity index (χ1v) is 9.38. The summed E-state index contributed by atoms with van der Waals surface area (Å²) in [4.78, 5) is 39.1. The van der Waals surface area contributed by atoms with Gasteiger partial charge in [-0.3, -0.25) is 9.59 Å². The molecule has 146 valence electrons. The lowest BCUT2D eigenvalue weighted by molar-refractivity contribution is 0.296. The average molecular weight is 396 g/mol. The van der Waals surface area contributed by atoms with Gasteiger partial charge in [-0.15, -0.1) is 0 Å². The molecule has 0 aliphatic heterocycles. The Kier molecular flexibility index (Phi) is 4.33. The Morgan fingerprint density at radius 1 is 0.733 bits per heavy atom. The van der Waals surface area contributed by atoms with Gasteiger partial charge in [-0.1, -0.05) is 36.4 Å². The molecule has 5 rings (SSSR count). The Hall–Kier alpha value is -4.26. The SMILES string of the molecule is O=c1[nH]c(COc2cccc(-c3nc4ccccc4c(=O)[nH]3)c2)nc2ccccc12. The number of hydrogen-bond acceptors (Lipinski definition) is 5. The summed E-state index contributed by atoms with van der Waals surface area (Å²) in [6.45, 7) is 0.102. The molecule has 0 spiro atoms. The van der Waals surface area contributed by atoms with Crippen molar-refractivity contribution < 1.29 is 4.74 Å². The van der Waals surface area contributed by atoms with Crippen LogP contribution in [0.1, 0.15) is 5.82 Å². The van der Waals surface area contributed by atoms with Gasteiger partial charge in [-0.2, -0.15) is 0 Å². The molecule has 0 amide bonds. The largest absolute Gasteiger partial charge is 0.486 e. The molecule has 30 heavy (non-hydrogen) atoms. The molecule has 7 nitrogen and oxygen atoms in total. The van der Waals surface area contributed by atoms with Crippen LogP contribution >= 0.6 is 0 Å². The van der Waals surface area contributed by atoms with Crippen molar-refractivity contribution in [1.29, 1.82) is 0 Å². The zero-order valence-corrected chi connectivity index (χ0v) is 15.8. The number of aromatic amines is 2. The van der Waals surface area contributed by atoms with Crippen LogP contribution in [0.5, 0.6) is 5.75 Å². The number of ether oxygens (including phenoxy) is 1. The lowest BCUT2D eigenvalue weighted by atomic mass is 10.2. The second kappa shape index (κ2) is 7.29. The van der Waals surface area contributed by atoms with E-state index >= 15 is 0 Å². The molecule has 0 unspecified atom stereocenters. The number of H-pyrrole nitrogens is 2. The van der Waals surface area contributed by atoms with Gasteiger partial charge in [-0.05, 0) is 36.4 Å². The van der Waals surface area contributed by atoms with E-state index in [-0.39, 0.29) is 17.7 Å². The molecule has 2 N–H and O–H groups in total. The molecule has 0 aliphatic rings. The van der Waals surface area contributed by atoms with E-state index in [0.717, 1.165) is 5.56 Å². The Morgan fingerprint density at radius 2 is 1.40 bits per heavy atom. The van der Waals surface area contributed by atoms with Crippen LogP contribution in [0.25, 0.3) is 33.2 Å². The van der Waals surface area contributed by atoms with Crippen LogP contribution in [0.15, 0.2) is 82.4 Å². The van der Waals surface area contributed by atoms with Crippen LogP contribution in [0, 0.1) is 0 Å². The topological polar surface area (TPSA) is 101 Å². The molecule has 0 saturated heterocycles. The minimum absolute atomic E-state index is 0.102. The van der Waals surface area contributed by atoms with Gasteiger partial charge < -0.3 is 14.7 Å². The summed E-state index contributed by atoms with van der Waals surface area (Å²) in [5, 5.41) is 1.08. The minimum Gasteiger partial charge on any atom is -0.486 e. The highest BCUT2D eigenvalue weighted by Gasteiger charge is 2.08. The fourth-order valence-electron chi connectivity index (χ4n) is 3.31. The van der Waals surface area contributed by atoms with Gasteiger partial charge in [-0.25, -0.2) is 9.97 Å². The van der Waals surface area contributed by atoms with E-state index in [0.29, 0.717) is 39.2 Å².